The van der Waals surface area contributed by atoms with Gasteiger partial charge in [0.05, 0.1) is 25.2 Å². The van der Waals surface area contributed by atoms with Crippen molar-refractivity contribution >= 4 is 27.3 Å². The van der Waals surface area contributed by atoms with E-state index in [1.807, 2.05) is 6.07 Å². The van der Waals surface area contributed by atoms with Crippen molar-refractivity contribution in [2.75, 3.05) is 49.5 Å². The second-order valence-electron chi connectivity index (χ2n) is 8.82. The van der Waals surface area contributed by atoms with Crippen LogP contribution in [-0.4, -0.2) is 54.2 Å². The first kappa shape index (κ1) is 24.5. The minimum Gasteiger partial charge on any atom is -0.465 e. The Balaban J connectivity index is 1.54. The molecule has 1 heterocycles. The summed E-state index contributed by atoms with van der Waals surface area (Å²) in [5, 5.41) is 0. The number of amides is 1. The van der Waals surface area contributed by atoms with E-state index in [4.69, 9.17) is 14.2 Å². The molecular weight excluding hydrogens is 456 g/mol. The number of sulfonamides is 1. The molecule has 0 aromatic heterocycles. The first-order chi connectivity index (χ1) is 16.4. The first-order valence-electron chi connectivity index (χ1n) is 11.6. The number of benzene rings is 2. The fraction of sp³-hybridized carbons (Fsp3) is 0.480. The van der Waals surface area contributed by atoms with Crippen LogP contribution in [0.15, 0.2) is 36.4 Å². The highest BCUT2D eigenvalue weighted by Crippen LogP contribution is 2.37. The predicted octanol–water partition coefficient (Wildman–Crippen LogP) is 3.92. The molecule has 1 amide bonds. The van der Waals surface area contributed by atoms with Crippen molar-refractivity contribution in [1.29, 1.82) is 0 Å². The summed E-state index contributed by atoms with van der Waals surface area (Å²) >= 11 is 0. The predicted molar refractivity (Wildman–Crippen MR) is 131 cm³/mol. The summed E-state index contributed by atoms with van der Waals surface area (Å²) < 4.78 is 42.2. The Kier molecular flexibility index (Phi) is 7.75. The standard InChI is InChI=1S/C25H32N2O6S/c1-31-13-14-32-17-33-24-10-8-21(16-23(24)26-34(2,29)30)27-12-11-20-15-19(18-5-3-4-6-18)7-9-22(20)25(27)28/h7-10,15-16,18,26H,3-6,11-14,17H2,1-2H3. The monoisotopic (exact) mass is 488 g/mol. The van der Waals surface area contributed by atoms with Crippen LogP contribution >= 0.6 is 0 Å². The van der Waals surface area contributed by atoms with Gasteiger partial charge in [-0.1, -0.05) is 25.0 Å². The third-order valence-corrected chi connectivity index (χ3v) is 6.93. The molecule has 0 radical (unpaired) electrons. The van der Waals surface area contributed by atoms with Gasteiger partial charge < -0.3 is 19.1 Å². The van der Waals surface area contributed by atoms with Crippen LogP contribution in [0.4, 0.5) is 11.4 Å². The molecule has 1 aliphatic carbocycles. The summed E-state index contributed by atoms with van der Waals surface area (Å²) in [6.45, 7) is 1.25. The van der Waals surface area contributed by atoms with Gasteiger partial charge in [0.1, 0.15) is 5.75 Å². The Bertz CT molecular complexity index is 1130. The summed E-state index contributed by atoms with van der Waals surface area (Å²) in [5.74, 6) is 0.841. The van der Waals surface area contributed by atoms with Gasteiger partial charge in [0.15, 0.2) is 6.79 Å². The van der Waals surface area contributed by atoms with Crippen molar-refractivity contribution in [2.45, 2.75) is 38.0 Å². The van der Waals surface area contributed by atoms with Crippen molar-refractivity contribution in [3.63, 3.8) is 0 Å². The van der Waals surface area contributed by atoms with Crippen molar-refractivity contribution in [3.05, 3.63) is 53.1 Å². The lowest BCUT2D eigenvalue weighted by Gasteiger charge is -2.30. The third-order valence-electron chi connectivity index (χ3n) is 6.34. The second-order valence-corrected chi connectivity index (χ2v) is 10.6. The van der Waals surface area contributed by atoms with Gasteiger partial charge in [-0.15, -0.1) is 0 Å². The molecule has 1 N–H and O–H groups in total. The van der Waals surface area contributed by atoms with Crippen LogP contribution in [0.2, 0.25) is 0 Å². The Morgan fingerprint density at radius 3 is 2.62 bits per heavy atom. The second kappa shape index (κ2) is 10.8. The topological polar surface area (TPSA) is 94.2 Å². The summed E-state index contributed by atoms with van der Waals surface area (Å²) in [5.41, 5.74) is 4.00. The van der Waals surface area contributed by atoms with E-state index in [2.05, 4.69) is 16.9 Å². The molecular formula is C25H32N2O6S. The maximum atomic E-state index is 13.3. The van der Waals surface area contributed by atoms with Crippen LogP contribution in [0.1, 0.15) is 53.1 Å². The van der Waals surface area contributed by atoms with Gasteiger partial charge >= 0.3 is 0 Å². The Hall–Kier alpha value is -2.62. The highest BCUT2D eigenvalue weighted by Gasteiger charge is 2.28. The molecule has 0 unspecified atom stereocenters. The Morgan fingerprint density at radius 2 is 1.88 bits per heavy atom. The highest BCUT2D eigenvalue weighted by molar-refractivity contribution is 7.92. The number of fused-ring (bicyclic) bond motifs is 1. The van der Waals surface area contributed by atoms with Crippen molar-refractivity contribution in [2.24, 2.45) is 0 Å². The first-order valence-corrected chi connectivity index (χ1v) is 13.5. The lowest BCUT2D eigenvalue weighted by molar-refractivity contribution is -0.00813. The molecule has 9 heteroatoms. The quantitative estimate of drug-likeness (QED) is 0.402. The molecule has 2 aliphatic rings. The number of nitrogens with zero attached hydrogens (tertiary/aromatic N) is 1. The molecule has 0 saturated heterocycles. The molecule has 4 rings (SSSR count). The summed E-state index contributed by atoms with van der Waals surface area (Å²) in [7, 11) is -1.98. The van der Waals surface area contributed by atoms with Crippen LogP contribution in [0.25, 0.3) is 0 Å². The number of carbonyl (C=O) groups excluding carboxylic acids is 1. The van der Waals surface area contributed by atoms with Crippen LogP contribution in [0.5, 0.6) is 5.75 Å². The van der Waals surface area contributed by atoms with E-state index in [9.17, 15) is 13.2 Å². The number of hydrogen-bond acceptors (Lipinski definition) is 6. The SMILES string of the molecule is COCCOCOc1ccc(N2CCc3cc(C4CCCC4)ccc3C2=O)cc1NS(C)(=O)=O. The fourth-order valence-corrected chi connectivity index (χ4v) is 5.22. The highest BCUT2D eigenvalue weighted by atomic mass is 32.2. The molecule has 8 nitrogen and oxygen atoms in total. The van der Waals surface area contributed by atoms with E-state index < -0.39 is 10.0 Å². The van der Waals surface area contributed by atoms with Gasteiger partial charge in [-0.3, -0.25) is 9.52 Å². The molecule has 0 bridgehead atoms. The summed E-state index contributed by atoms with van der Waals surface area (Å²) in [6.07, 6.45) is 6.82. The average molecular weight is 489 g/mol. The van der Waals surface area contributed by atoms with E-state index in [1.165, 1.54) is 31.2 Å². The number of hydrogen-bond donors (Lipinski definition) is 1. The molecule has 0 spiro atoms. The molecule has 1 aliphatic heterocycles. The number of rotatable bonds is 10. The zero-order valence-electron chi connectivity index (χ0n) is 19.7. The van der Waals surface area contributed by atoms with E-state index in [0.29, 0.717) is 42.7 Å². The zero-order valence-corrected chi connectivity index (χ0v) is 20.5. The van der Waals surface area contributed by atoms with Crippen LogP contribution in [0.3, 0.4) is 0 Å². The molecule has 1 saturated carbocycles. The number of nitrogens with one attached hydrogen (secondary N) is 1. The van der Waals surface area contributed by atoms with Crippen molar-refractivity contribution in [1.82, 2.24) is 0 Å². The smallest absolute Gasteiger partial charge is 0.258 e. The molecule has 34 heavy (non-hydrogen) atoms. The van der Waals surface area contributed by atoms with Gasteiger partial charge in [0.25, 0.3) is 5.91 Å². The molecule has 2 aromatic rings. The molecule has 1 fully saturated rings. The van der Waals surface area contributed by atoms with Gasteiger partial charge in [0.2, 0.25) is 10.0 Å². The van der Waals surface area contributed by atoms with Crippen LogP contribution in [0, 0.1) is 0 Å². The van der Waals surface area contributed by atoms with Crippen LogP contribution < -0.4 is 14.4 Å². The van der Waals surface area contributed by atoms with E-state index in [0.717, 1.165) is 18.2 Å². The molecule has 0 atom stereocenters. The van der Waals surface area contributed by atoms with Gasteiger partial charge in [-0.05, 0) is 60.6 Å². The Morgan fingerprint density at radius 1 is 1.09 bits per heavy atom. The fourth-order valence-electron chi connectivity index (χ4n) is 4.67. The van der Waals surface area contributed by atoms with Crippen molar-refractivity contribution < 1.29 is 27.4 Å². The maximum Gasteiger partial charge on any atom is 0.258 e. The maximum absolute atomic E-state index is 13.3. The minimum absolute atomic E-state index is 0.0551. The van der Waals surface area contributed by atoms with Crippen LogP contribution in [-0.2, 0) is 25.9 Å². The average Bonchev–Trinajstić information content (AvgIpc) is 3.34. The zero-order chi connectivity index (χ0) is 24.1. The van der Waals surface area contributed by atoms with E-state index in [-0.39, 0.29) is 18.4 Å². The number of anilines is 2. The molecule has 184 valence electrons. The lowest BCUT2D eigenvalue weighted by Crippen LogP contribution is -2.37. The number of methoxy groups -OCH3 is 1. The molecule has 2 aromatic carbocycles. The van der Waals surface area contributed by atoms with Crippen molar-refractivity contribution in [3.8, 4) is 5.75 Å². The van der Waals surface area contributed by atoms with Gasteiger partial charge in [-0.2, -0.15) is 0 Å². The Labute approximate surface area is 201 Å². The van der Waals surface area contributed by atoms with Gasteiger partial charge in [0, 0.05) is 24.9 Å². The number of ether oxygens (including phenoxy) is 3. The largest absolute Gasteiger partial charge is 0.465 e. The lowest BCUT2D eigenvalue weighted by atomic mass is 9.90. The minimum atomic E-state index is -3.56. The third kappa shape index (κ3) is 5.89. The van der Waals surface area contributed by atoms with Gasteiger partial charge in [-0.25, -0.2) is 8.42 Å². The number of carbonyl (C=O) groups is 1. The normalized spacial score (nSPS) is 16.5. The summed E-state index contributed by atoms with van der Waals surface area (Å²) in [6, 6.07) is 11.3. The van der Waals surface area contributed by atoms with E-state index >= 15 is 0 Å². The van der Waals surface area contributed by atoms with E-state index in [1.54, 1.807) is 30.2 Å². The summed E-state index contributed by atoms with van der Waals surface area (Å²) in [4.78, 5) is 15.0.